The van der Waals surface area contributed by atoms with Gasteiger partial charge < -0.3 is 10.1 Å². The van der Waals surface area contributed by atoms with Crippen molar-refractivity contribution in [1.82, 2.24) is 5.32 Å². The summed E-state index contributed by atoms with van der Waals surface area (Å²) in [5, 5.41) is 4.36. The van der Waals surface area contributed by atoms with Crippen LogP contribution in [0, 0.1) is 12.7 Å². The minimum atomic E-state index is -0.379. The van der Waals surface area contributed by atoms with Gasteiger partial charge in [-0.1, -0.05) is 59.1 Å². The minimum absolute atomic E-state index is 0.0537. The standard InChI is InChI=1S/C22H20Cl2FNO/c1-15-5-7-16(8-6-15)12-26-13-17-11-18(23)9-10-22(17)27-14-19-20(24)3-2-4-21(19)25/h2-11,26H,12-14H2,1H3. The maximum Gasteiger partial charge on any atom is 0.131 e. The summed E-state index contributed by atoms with van der Waals surface area (Å²) in [5.41, 5.74) is 3.68. The first kappa shape index (κ1) is 19.7. The zero-order chi connectivity index (χ0) is 19.2. The highest BCUT2D eigenvalue weighted by molar-refractivity contribution is 6.31. The maximum atomic E-state index is 13.9. The lowest BCUT2D eigenvalue weighted by Crippen LogP contribution is -2.14. The van der Waals surface area contributed by atoms with Gasteiger partial charge in [-0.3, -0.25) is 0 Å². The van der Waals surface area contributed by atoms with Crippen molar-refractivity contribution in [1.29, 1.82) is 0 Å². The highest BCUT2D eigenvalue weighted by Gasteiger charge is 2.10. The summed E-state index contributed by atoms with van der Waals surface area (Å²) in [5.74, 6) is 0.269. The molecule has 0 aliphatic heterocycles. The van der Waals surface area contributed by atoms with Crippen LogP contribution in [0.3, 0.4) is 0 Å². The van der Waals surface area contributed by atoms with E-state index < -0.39 is 0 Å². The summed E-state index contributed by atoms with van der Waals surface area (Å²) in [4.78, 5) is 0. The largest absolute Gasteiger partial charge is 0.488 e. The number of benzene rings is 3. The third-order valence-corrected chi connectivity index (χ3v) is 4.81. The third-order valence-electron chi connectivity index (χ3n) is 4.22. The average molecular weight is 404 g/mol. The van der Waals surface area contributed by atoms with E-state index in [9.17, 15) is 4.39 Å². The van der Waals surface area contributed by atoms with Crippen LogP contribution in [0.1, 0.15) is 22.3 Å². The third kappa shape index (κ3) is 5.46. The number of halogens is 3. The van der Waals surface area contributed by atoms with Gasteiger partial charge in [-0.15, -0.1) is 0 Å². The Labute approximate surface area is 168 Å². The molecule has 140 valence electrons. The summed E-state index contributed by atoms with van der Waals surface area (Å²) in [6.45, 7) is 3.42. The van der Waals surface area contributed by atoms with Gasteiger partial charge in [0.1, 0.15) is 18.2 Å². The topological polar surface area (TPSA) is 21.3 Å². The van der Waals surface area contributed by atoms with E-state index in [0.29, 0.717) is 27.9 Å². The van der Waals surface area contributed by atoms with Crippen LogP contribution in [0.4, 0.5) is 4.39 Å². The van der Waals surface area contributed by atoms with Gasteiger partial charge >= 0.3 is 0 Å². The summed E-state index contributed by atoms with van der Waals surface area (Å²) in [6.07, 6.45) is 0. The summed E-state index contributed by atoms with van der Waals surface area (Å²) in [6, 6.07) is 18.4. The molecule has 0 bridgehead atoms. The van der Waals surface area contributed by atoms with E-state index in [2.05, 4.69) is 36.5 Å². The fraction of sp³-hybridized carbons (Fsp3) is 0.182. The molecule has 0 saturated heterocycles. The zero-order valence-electron chi connectivity index (χ0n) is 14.9. The van der Waals surface area contributed by atoms with E-state index in [-0.39, 0.29) is 12.4 Å². The van der Waals surface area contributed by atoms with Crippen molar-refractivity contribution in [2.24, 2.45) is 0 Å². The molecule has 3 aromatic rings. The van der Waals surface area contributed by atoms with Crippen LogP contribution < -0.4 is 10.1 Å². The second-order valence-corrected chi connectivity index (χ2v) is 7.17. The Hall–Kier alpha value is -2.07. The second-order valence-electron chi connectivity index (χ2n) is 6.33. The molecule has 27 heavy (non-hydrogen) atoms. The highest BCUT2D eigenvalue weighted by atomic mass is 35.5. The molecule has 0 heterocycles. The Morgan fingerprint density at radius 2 is 1.74 bits per heavy atom. The molecule has 0 saturated carbocycles. The first-order chi connectivity index (χ1) is 13.0. The van der Waals surface area contributed by atoms with E-state index in [1.807, 2.05) is 6.07 Å². The molecule has 2 nitrogen and oxygen atoms in total. The van der Waals surface area contributed by atoms with Gasteiger partial charge in [0.05, 0.1) is 5.02 Å². The molecule has 0 spiro atoms. The van der Waals surface area contributed by atoms with Gasteiger partial charge in [-0.25, -0.2) is 4.39 Å². The molecule has 0 atom stereocenters. The number of aryl methyl sites for hydroxylation is 1. The van der Waals surface area contributed by atoms with Crippen molar-refractivity contribution in [3.63, 3.8) is 0 Å². The molecular weight excluding hydrogens is 384 g/mol. The molecule has 3 rings (SSSR count). The normalized spacial score (nSPS) is 10.8. The molecule has 0 aliphatic rings. The number of hydrogen-bond donors (Lipinski definition) is 1. The van der Waals surface area contributed by atoms with E-state index in [1.54, 1.807) is 24.3 Å². The van der Waals surface area contributed by atoms with Crippen LogP contribution in [-0.2, 0) is 19.7 Å². The maximum absolute atomic E-state index is 13.9. The number of ether oxygens (including phenoxy) is 1. The van der Waals surface area contributed by atoms with Crippen molar-refractivity contribution in [2.45, 2.75) is 26.6 Å². The first-order valence-electron chi connectivity index (χ1n) is 8.63. The Balaban J connectivity index is 1.66. The zero-order valence-corrected chi connectivity index (χ0v) is 16.4. The van der Waals surface area contributed by atoms with Crippen LogP contribution in [0.5, 0.6) is 5.75 Å². The van der Waals surface area contributed by atoms with Crippen molar-refractivity contribution in [2.75, 3.05) is 0 Å². The van der Waals surface area contributed by atoms with Crippen LogP contribution in [0.2, 0.25) is 10.0 Å². The van der Waals surface area contributed by atoms with Gasteiger partial charge in [0.2, 0.25) is 0 Å². The Kier molecular flexibility index (Phi) is 6.73. The molecule has 0 fully saturated rings. The van der Waals surface area contributed by atoms with Crippen LogP contribution in [-0.4, -0.2) is 0 Å². The SMILES string of the molecule is Cc1ccc(CNCc2cc(Cl)ccc2OCc2c(F)cccc2Cl)cc1. The Bertz CT molecular complexity index is 892. The lowest BCUT2D eigenvalue weighted by Gasteiger charge is -2.14. The lowest BCUT2D eigenvalue weighted by atomic mass is 10.1. The number of nitrogens with one attached hydrogen (secondary N) is 1. The molecule has 0 aliphatic carbocycles. The van der Waals surface area contributed by atoms with Crippen molar-refractivity contribution in [3.8, 4) is 5.75 Å². The van der Waals surface area contributed by atoms with Crippen molar-refractivity contribution in [3.05, 3.63) is 98.8 Å². The summed E-state index contributed by atoms with van der Waals surface area (Å²) >= 11 is 12.2. The fourth-order valence-electron chi connectivity index (χ4n) is 2.69. The van der Waals surface area contributed by atoms with E-state index in [0.717, 1.165) is 12.1 Å². The smallest absolute Gasteiger partial charge is 0.131 e. The quantitative estimate of drug-likeness (QED) is 0.498. The van der Waals surface area contributed by atoms with Gasteiger partial charge in [0.15, 0.2) is 0 Å². The average Bonchev–Trinajstić information content (AvgIpc) is 2.64. The predicted molar refractivity (Wildman–Crippen MR) is 109 cm³/mol. The van der Waals surface area contributed by atoms with Crippen LogP contribution in [0.25, 0.3) is 0 Å². The summed E-state index contributed by atoms with van der Waals surface area (Å²) in [7, 11) is 0. The lowest BCUT2D eigenvalue weighted by molar-refractivity contribution is 0.296. The molecule has 5 heteroatoms. The van der Waals surface area contributed by atoms with Gasteiger partial charge in [-0.05, 0) is 42.8 Å². The molecular formula is C22H20Cl2FNO. The van der Waals surface area contributed by atoms with E-state index >= 15 is 0 Å². The van der Waals surface area contributed by atoms with E-state index in [1.165, 1.54) is 17.2 Å². The monoisotopic (exact) mass is 403 g/mol. The van der Waals surface area contributed by atoms with Gasteiger partial charge in [0, 0.05) is 29.2 Å². The first-order valence-corrected chi connectivity index (χ1v) is 9.39. The molecule has 1 N–H and O–H groups in total. The number of rotatable bonds is 7. The fourth-order valence-corrected chi connectivity index (χ4v) is 3.11. The Morgan fingerprint density at radius 3 is 2.48 bits per heavy atom. The van der Waals surface area contributed by atoms with E-state index in [4.69, 9.17) is 27.9 Å². The van der Waals surface area contributed by atoms with Crippen LogP contribution >= 0.6 is 23.2 Å². The van der Waals surface area contributed by atoms with Crippen LogP contribution in [0.15, 0.2) is 60.7 Å². The minimum Gasteiger partial charge on any atom is -0.488 e. The highest BCUT2D eigenvalue weighted by Crippen LogP contribution is 2.26. The van der Waals surface area contributed by atoms with Gasteiger partial charge in [0.25, 0.3) is 0 Å². The van der Waals surface area contributed by atoms with Crippen molar-refractivity contribution >= 4 is 23.2 Å². The molecule has 0 unspecified atom stereocenters. The van der Waals surface area contributed by atoms with Crippen molar-refractivity contribution < 1.29 is 9.13 Å². The second kappa shape index (κ2) is 9.23. The molecule has 0 radical (unpaired) electrons. The number of hydrogen-bond acceptors (Lipinski definition) is 2. The Morgan fingerprint density at radius 1 is 0.963 bits per heavy atom. The molecule has 0 amide bonds. The molecule has 0 aromatic heterocycles. The summed E-state index contributed by atoms with van der Waals surface area (Å²) < 4.78 is 19.8. The predicted octanol–water partition coefficient (Wildman–Crippen LogP) is 6.31. The van der Waals surface area contributed by atoms with Gasteiger partial charge in [-0.2, -0.15) is 0 Å². The molecule has 3 aromatic carbocycles.